The van der Waals surface area contributed by atoms with Gasteiger partial charge in [-0.3, -0.25) is 0 Å². The van der Waals surface area contributed by atoms with Gasteiger partial charge in [-0.15, -0.1) is 0 Å². The van der Waals surface area contributed by atoms with Crippen LogP contribution in [-0.4, -0.2) is 31.7 Å². The summed E-state index contributed by atoms with van der Waals surface area (Å²) in [5.41, 5.74) is 0.691. The third-order valence-corrected chi connectivity index (χ3v) is 3.28. The van der Waals surface area contributed by atoms with Crippen LogP contribution >= 0.6 is 11.6 Å². The lowest BCUT2D eigenvalue weighted by Crippen LogP contribution is -2.26. The van der Waals surface area contributed by atoms with Crippen LogP contribution in [0.1, 0.15) is 12.0 Å². The maximum Gasteiger partial charge on any atom is 0.129 e. The van der Waals surface area contributed by atoms with Gasteiger partial charge in [0.1, 0.15) is 5.82 Å². The van der Waals surface area contributed by atoms with Crippen molar-refractivity contribution in [3.05, 3.63) is 34.6 Å². The molecule has 1 aromatic rings. The van der Waals surface area contributed by atoms with Gasteiger partial charge in [0.25, 0.3) is 0 Å². The van der Waals surface area contributed by atoms with Gasteiger partial charge in [0.15, 0.2) is 0 Å². The third kappa shape index (κ3) is 3.66. The van der Waals surface area contributed by atoms with Crippen molar-refractivity contribution in [2.45, 2.75) is 13.0 Å². The minimum absolute atomic E-state index is 0.230. The van der Waals surface area contributed by atoms with Gasteiger partial charge in [0.05, 0.1) is 6.61 Å². The highest BCUT2D eigenvalue weighted by atomic mass is 35.5. The first kappa shape index (κ1) is 12.8. The molecule has 2 rings (SSSR count). The predicted octanol–water partition coefficient (Wildman–Crippen LogP) is 2.95. The van der Waals surface area contributed by atoms with Crippen LogP contribution in [0.15, 0.2) is 18.2 Å². The van der Waals surface area contributed by atoms with Crippen molar-refractivity contribution in [2.24, 2.45) is 5.92 Å². The lowest BCUT2D eigenvalue weighted by Gasteiger charge is -2.20. The van der Waals surface area contributed by atoms with Crippen LogP contribution in [0.3, 0.4) is 0 Å². The number of nitrogens with zero attached hydrogens (tertiary/aromatic N) is 1. The molecule has 1 aliphatic rings. The number of hydrogen-bond donors (Lipinski definition) is 0. The zero-order valence-corrected chi connectivity index (χ0v) is 10.7. The first-order valence-corrected chi connectivity index (χ1v) is 6.23. The van der Waals surface area contributed by atoms with Crippen molar-refractivity contribution in [2.75, 3.05) is 26.8 Å². The molecule has 17 heavy (non-hydrogen) atoms. The van der Waals surface area contributed by atoms with E-state index in [2.05, 4.69) is 4.90 Å². The number of rotatable bonds is 4. The number of hydrogen-bond acceptors (Lipinski definition) is 2. The second-order valence-corrected chi connectivity index (χ2v) is 5.10. The summed E-state index contributed by atoms with van der Waals surface area (Å²) in [5.74, 6) is 0.349. The number of halogens is 2. The van der Waals surface area contributed by atoms with E-state index in [0.29, 0.717) is 23.0 Å². The molecule has 1 aliphatic heterocycles. The molecular weight excluding hydrogens is 241 g/mol. The van der Waals surface area contributed by atoms with Crippen LogP contribution < -0.4 is 0 Å². The van der Waals surface area contributed by atoms with Gasteiger partial charge in [-0.25, -0.2) is 4.39 Å². The molecule has 4 heteroatoms. The second-order valence-electron chi connectivity index (χ2n) is 4.66. The lowest BCUT2D eigenvalue weighted by molar-refractivity contribution is 0.172. The molecule has 94 valence electrons. The molecule has 0 unspecified atom stereocenters. The Labute approximate surface area is 106 Å². The summed E-state index contributed by atoms with van der Waals surface area (Å²) < 4.78 is 18.9. The highest BCUT2D eigenvalue weighted by Crippen LogP contribution is 2.18. The molecule has 1 atom stereocenters. The highest BCUT2D eigenvalue weighted by molar-refractivity contribution is 6.30. The van der Waals surface area contributed by atoms with E-state index in [1.807, 2.05) is 7.05 Å². The molecule has 1 aromatic carbocycles. The molecule has 1 fully saturated rings. The smallest absolute Gasteiger partial charge is 0.129 e. The van der Waals surface area contributed by atoms with E-state index >= 15 is 0 Å². The number of ether oxygens (including phenoxy) is 1. The fourth-order valence-electron chi connectivity index (χ4n) is 2.17. The zero-order valence-electron chi connectivity index (χ0n) is 9.96. The maximum absolute atomic E-state index is 13.6. The first-order chi connectivity index (χ1) is 8.15. The van der Waals surface area contributed by atoms with E-state index in [0.717, 1.165) is 26.2 Å². The van der Waals surface area contributed by atoms with E-state index in [9.17, 15) is 4.39 Å². The van der Waals surface area contributed by atoms with Crippen LogP contribution in [0.5, 0.6) is 0 Å². The molecule has 2 nitrogen and oxygen atoms in total. The van der Waals surface area contributed by atoms with Gasteiger partial charge in [0.2, 0.25) is 0 Å². The van der Waals surface area contributed by atoms with Gasteiger partial charge >= 0.3 is 0 Å². The molecule has 0 saturated carbocycles. The van der Waals surface area contributed by atoms with E-state index in [-0.39, 0.29) is 5.82 Å². The van der Waals surface area contributed by atoms with Crippen LogP contribution in [0.4, 0.5) is 4.39 Å². The molecule has 0 amide bonds. The first-order valence-electron chi connectivity index (χ1n) is 5.85. The van der Waals surface area contributed by atoms with Crippen LogP contribution in [-0.2, 0) is 11.3 Å². The molecule has 0 radical (unpaired) electrons. The molecule has 1 heterocycles. The van der Waals surface area contributed by atoms with Gasteiger partial charge in [-0.1, -0.05) is 17.7 Å². The summed E-state index contributed by atoms with van der Waals surface area (Å²) in [5, 5.41) is 0.443. The normalized spacial score (nSPS) is 20.1. The van der Waals surface area contributed by atoms with Crippen molar-refractivity contribution in [1.29, 1.82) is 0 Å². The average Bonchev–Trinajstić information content (AvgIpc) is 2.75. The summed E-state index contributed by atoms with van der Waals surface area (Å²) in [4.78, 5) is 2.13. The summed E-state index contributed by atoms with van der Waals surface area (Å²) in [6, 6.07) is 4.84. The zero-order chi connectivity index (χ0) is 12.3. The van der Waals surface area contributed by atoms with Gasteiger partial charge in [-0.2, -0.15) is 0 Å². The quantitative estimate of drug-likeness (QED) is 0.822. The van der Waals surface area contributed by atoms with Crippen molar-refractivity contribution in [3.63, 3.8) is 0 Å². The summed E-state index contributed by atoms with van der Waals surface area (Å²) in [6.07, 6.45) is 1.10. The molecular formula is C13H17ClFNO. The minimum atomic E-state index is -0.230. The predicted molar refractivity (Wildman–Crippen MR) is 66.7 cm³/mol. The number of benzene rings is 1. The summed E-state index contributed by atoms with van der Waals surface area (Å²) in [6.45, 7) is 3.24. The van der Waals surface area contributed by atoms with Crippen LogP contribution in [0.2, 0.25) is 5.02 Å². The molecule has 0 bridgehead atoms. The summed E-state index contributed by atoms with van der Waals surface area (Å²) in [7, 11) is 2.01. The van der Waals surface area contributed by atoms with Gasteiger partial charge in [0, 0.05) is 30.3 Å². The van der Waals surface area contributed by atoms with Crippen molar-refractivity contribution >= 4 is 11.6 Å². The van der Waals surface area contributed by atoms with E-state index in [4.69, 9.17) is 16.3 Å². The van der Waals surface area contributed by atoms with Gasteiger partial charge in [-0.05, 0) is 31.5 Å². The standard InChI is InChI=1S/C13H17ClFNO/c1-16(7-10-4-5-17-9-10)8-11-2-3-12(14)6-13(11)15/h2-3,6,10H,4-5,7-9H2,1H3/t10-/m0/s1. The Kier molecular flexibility index (Phi) is 4.37. The highest BCUT2D eigenvalue weighted by Gasteiger charge is 2.18. The third-order valence-electron chi connectivity index (χ3n) is 3.05. The molecule has 1 saturated heterocycles. The van der Waals surface area contributed by atoms with E-state index in [1.165, 1.54) is 6.07 Å². The van der Waals surface area contributed by atoms with Crippen molar-refractivity contribution < 1.29 is 9.13 Å². The Hall–Kier alpha value is -0.640. The van der Waals surface area contributed by atoms with Crippen molar-refractivity contribution in [3.8, 4) is 0 Å². The van der Waals surface area contributed by atoms with E-state index in [1.54, 1.807) is 12.1 Å². The Morgan fingerprint density at radius 2 is 2.35 bits per heavy atom. The largest absolute Gasteiger partial charge is 0.381 e. The summed E-state index contributed by atoms with van der Waals surface area (Å²) >= 11 is 5.72. The lowest BCUT2D eigenvalue weighted by atomic mass is 10.1. The monoisotopic (exact) mass is 257 g/mol. The average molecular weight is 258 g/mol. The van der Waals surface area contributed by atoms with Crippen LogP contribution in [0, 0.1) is 11.7 Å². The fraction of sp³-hybridized carbons (Fsp3) is 0.538. The minimum Gasteiger partial charge on any atom is -0.381 e. The maximum atomic E-state index is 13.6. The van der Waals surface area contributed by atoms with E-state index < -0.39 is 0 Å². The van der Waals surface area contributed by atoms with Crippen molar-refractivity contribution in [1.82, 2.24) is 4.90 Å². The Bertz CT molecular complexity index is 380. The molecule has 0 spiro atoms. The Morgan fingerprint density at radius 3 is 3.00 bits per heavy atom. The van der Waals surface area contributed by atoms with Crippen LogP contribution in [0.25, 0.3) is 0 Å². The Balaban J connectivity index is 1.90. The fourth-order valence-corrected chi connectivity index (χ4v) is 2.33. The SMILES string of the molecule is CN(Cc1ccc(Cl)cc1F)C[C@@H]1CCOC1. The molecule has 0 aromatic heterocycles. The van der Waals surface area contributed by atoms with Gasteiger partial charge < -0.3 is 9.64 Å². The molecule has 0 N–H and O–H groups in total. The molecule has 0 aliphatic carbocycles. The topological polar surface area (TPSA) is 12.5 Å². The Morgan fingerprint density at radius 1 is 1.53 bits per heavy atom. The second kappa shape index (κ2) is 5.80.